The van der Waals surface area contributed by atoms with Crippen LogP contribution in [0.2, 0.25) is 0 Å². The Morgan fingerprint density at radius 1 is 1.71 bits per heavy atom. The minimum Gasteiger partial charge on any atom is -0.769 e. The van der Waals surface area contributed by atoms with Crippen molar-refractivity contribution in [2.45, 2.75) is 0 Å². The molecule has 0 radical (unpaired) electrons. The van der Waals surface area contributed by atoms with Crippen molar-refractivity contribution in [2.75, 3.05) is 6.54 Å². The SMILES string of the molecule is C#CCN.[Na+].[O-]Cl. The van der Waals surface area contributed by atoms with E-state index in [0.29, 0.717) is 6.54 Å². The van der Waals surface area contributed by atoms with E-state index in [1.165, 1.54) is 0 Å². The third kappa shape index (κ3) is 49.2. The van der Waals surface area contributed by atoms with Crippen LogP contribution < -0.4 is 39.9 Å². The molecule has 0 aliphatic rings. The number of rotatable bonds is 0. The predicted molar refractivity (Wildman–Crippen MR) is 23.7 cm³/mol. The first-order chi connectivity index (χ1) is 2.91. The molecule has 0 amide bonds. The van der Waals surface area contributed by atoms with Crippen molar-refractivity contribution < 1.29 is 34.2 Å². The summed E-state index contributed by atoms with van der Waals surface area (Å²) in [6.07, 6.45) is 4.65. The Labute approximate surface area is 70.5 Å². The number of hydrogen-bond acceptors (Lipinski definition) is 2. The smallest absolute Gasteiger partial charge is 0.769 e. The standard InChI is InChI=1S/C3H5N.ClO.Na/c1-2-3-4;1-2;/h1H,3-4H2;;/q;-1;+1. The maximum Gasteiger partial charge on any atom is 1.00 e. The van der Waals surface area contributed by atoms with Gasteiger partial charge in [0.2, 0.25) is 0 Å². The van der Waals surface area contributed by atoms with Crippen LogP contribution in [0, 0.1) is 12.3 Å². The molecule has 0 heterocycles. The Kier molecular flexibility index (Phi) is 65.7. The van der Waals surface area contributed by atoms with Gasteiger partial charge in [0, 0.05) is 0 Å². The summed E-state index contributed by atoms with van der Waals surface area (Å²) in [5.74, 6) is 2.21. The molecule has 0 aromatic rings. The quantitative estimate of drug-likeness (QED) is 0.268. The van der Waals surface area contributed by atoms with E-state index in [-0.39, 0.29) is 29.6 Å². The van der Waals surface area contributed by atoms with Gasteiger partial charge in [-0.05, 0) is 0 Å². The van der Waals surface area contributed by atoms with Crippen LogP contribution in [0.5, 0.6) is 0 Å². The molecule has 2 N–H and O–H groups in total. The summed E-state index contributed by atoms with van der Waals surface area (Å²) < 4.78 is 7.72. The fourth-order valence-electron chi connectivity index (χ4n) is 0. The summed E-state index contributed by atoms with van der Waals surface area (Å²) >= 11 is 3.39. The molecule has 2 nitrogen and oxygen atoms in total. The van der Waals surface area contributed by atoms with E-state index >= 15 is 0 Å². The Balaban J connectivity index is -0.0000000480. The van der Waals surface area contributed by atoms with Crippen LogP contribution in [-0.4, -0.2) is 6.54 Å². The third-order valence-electron chi connectivity index (χ3n) is 0.118. The molecule has 0 aromatic carbocycles. The first kappa shape index (κ1) is 15.7. The van der Waals surface area contributed by atoms with Crippen LogP contribution in [0.3, 0.4) is 0 Å². The Morgan fingerprint density at radius 2 is 1.86 bits per heavy atom. The number of nitrogens with two attached hydrogens (primary N) is 1. The molecule has 0 saturated carbocycles. The summed E-state index contributed by atoms with van der Waals surface area (Å²) in [6, 6.07) is 0. The van der Waals surface area contributed by atoms with Crippen LogP contribution >= 0.6 is 11.9 Å². The summed E-state index contributed by atoms with van der Waals surface area (Å²) in [5.41, 5.74) is 4.79. The Morgan fingerprint density at radius 3 is 1.86 bits per heavy atom. The van der Waals surface area contributed by atoms with Gasteiger partial charge in [0.15, 0.2) is 0 Å². The molecule has 0 rings (SSSR count). The fourth-order valence-corrected chi connectivity index (χ4v) is 0. The average molecular weight is 130 g/mol. The van der Waals surface area contributed by atoms with E-state index in [4.69, 9.17) is 10.4 Å². The van der Waals surface area contributed by atoms with Gasteiger partial charge in [-0.1, -0.05) is 5.92 Å². The van der Waals surface area contributed by atoms with Crippen LogP contribution in [-0.2, 0) is 0 Å². The molecule has 0 atom stereocenters. The van der Waals surface area contributed by atoms with Gasteiger partial charge in [0.1, 0.15) is 0 Å². The third-order valence-corrected chi connectivity index (χ3v) is 0.118. The second-order valence-corrected chi connectivity index (χ2v) is 0.408. The van der Waals surface area contributed by atoms with E-state index in [2.05, 4.69) is 24.2 Å². The van der Waals surface area contributed by atoms with Gasteiger partial charge in [-0.25, -0.2) is 11.9 Å². The zero-order chi connectivity index (χ0) is 5.41. The zero-order valence-corrected chi connectivity index (χ0v) is 6.90. The van der Waals surface area contributed by atoms with Crippen LogP contribution in [0.15, 0.2) is 0 Å². The van der Waals surface area contributed by atoms with E-state index in [1.807, 2.05) is 0 Å². The molecule has 7 heavy (non-hydrogen) atoms. The predicted octanol–water partition coefficient (Wildman–Crippen LogP) is -3.92. The molecule has 0 unspecified atom stereocenters. The van der Waals surface area contributed by atoms with Crippen molar-refractivity contribution in [2.24, 2.45) is 5.73 Å². The van der Waals surface area contributed by atoms with Gasteiger partial charge in [0.25, 0.3) is 0 Å². The number of hydrogen-bond donors (Lipinski definition) is 1. The minimum absolute atomic E-state index is 0. The molecule has 0 aromatic heterocycles. The van der Waals surface area contributed by atoms with Crippen molar-refractivity contribution >= 4 is 11.9 Å². The molecular formula is C3H5ClNNaO. The minimum atomic E-state index is 0. The monoisotopic (exact) mass is 129 g/mol. The van der Waals surface area contributed by atoms with Crippen molar-refractivity contribution in [3.05, 3.63) is 0 Å². The Hall–Kier alpha value is 0.770. The van der Waals surface area contributed by atoms with Gasteiger partial charge in [0.05, 0.1) is 6.54 Å². The van der Waals surface area contributed by atoms with Crippen LogP contribution in [0.25, 0.3) is 0 Å². The normalized spacial score (nSPS) is 3.71. The maximum absolute atomic E-state index is 7.72. The maximum atomic E-state index is 7.72. The van der Waals surface area contributed by atoms with E-state index in [9.17, 15) is 0 Å². The molecule has 4 heteroatoms. The second kappa shape index (κ2) is 29.4. The van der Waals surface area contributed by atoms with E-state index in [0.717, 1.165) is 0 Å². The van der Waals surface area contributed by atoms with Gasteiger partial charge in [-0.2, -0.15) is 0 Å². The van der Waals surface area contributed by atoms with Crippen molar-refractivity contribution in [1.29, 1.82) is 0 Å². The molecule has 0 bridgehead atoms. The average Bonchev–Trinajstić information content (AvgIpc) is 1.72. The number of terminal acetylenes is 1. The van der Waals surface area contributed by atoms with Gasteiger partial charge in [-0.15, -0.1) is 6.42 Å². The molecule has 0 saturated heterocycles. The van der Waals surface area contributed by atoms with Crippen molar-refractivity contribution in [3.63, 3.8) is 0 Å². The van der Waals surface area contributed by atoms with Crippen LogP contribution in [0.4, 0.5) is 0 Å². The van der Waals surface area contributed by atoms with Gasteiger partial charge in [-0.3, -0.25) is 0 Å². The summed E-state index contributed by atoms with van der Waals surface area (Å²) in [6.45, 7) is 0.347. The molecule has 0 spiro atoms. The van der Waals surface area contributed by atoms with E-state index in [1.54, 1.807) is 0 Å². The van der Waals surface area contributed by atoms with Crippen LogP contribution in [0.1, 0.15) is 0 Å². The van der Waals surface area contributed by atoms with E-state index < -0.39 is 0 Å². The molecule has 0 fully saturated rings. The molecular weight excluding hydrogens is 124 g/mol. The first-order valence-corrected chi connectivity index (χ1v) is 1.51. The molecule has 36 valence electrons. The first-order valence-electron chi connectivity index (χ1n) is 1.20. The van der Waals surface area contributed by atoms with Crippen molar-refractivity contribution in [3.8, 4) is 12.3 Å². The largest absolute Gasteiger partial charge is 1.00 e. The van der Waals surface area contributed by atoms with Gasteiger partial charge >= 0.3 is 29.6 Å². The second-order valence-electron chi connectivity index (χ2n) is 0.408. The molecule has 0 aliphatic heterocycles. The summed E-state index contributed by atoms with van der Waals surface area (Å²) in [7, 11) is 0. The summed E-state index contributed by atoms with van der Waals surface area (Å²) in [5, 5.41) is 0. The topological polar surface area (TPSA) is 49.1 Å². The van der Waals surface area contributed by atoms with Crippen molar-refractivity contribution in [1.82, 2.24) is 0 Å². The Bertz CT molecular complexity index is 44.7. The molecule has 0 aliphatic carbocycles. The zero-order valence-electron chi connectivity index (χ0n) is 4.15. The number of halogens is 1. The fraction of sp³-hybridized carbons (Fsp3) is 0.333. The summed E-state index contributed by atoms with van der Waals surface area (Å²) in [4.78, 5) is 0. The van der Waals surface area contributed by atoms with Gasteiger partial charge < -0.3 is 10.4 Å².